The van der Waals surface area contributed by atoms with Crippen LogP contribution in [-0.2, 0) is 0 Å². The third-order valence-electron chi connectivity index (χ3n) is 5.26. The van der Waals surface area contributed by atoms with Crippen LogP contribution in [0.4, 0.5) is 11.4 Å². The second-order valence-corrected chi connectivity index (χ2v) is 8.23. The van der Waals surface area contributed by atoms with Crippen LogP contribution in [0.3, 0.4) is 0 Å². The average Bonchev–Trinajstić information content (AvgIpc) is 2.92. The molecule has 1 amide bonds. The van der Waals surface area contributed by atoms with Gasteiger partial charge >= 0.3 is 0 Å². The molecule has 0 unspecified atom stereocenters. The summed E-state index contributed by atoms with van der Waals surface area (Å²) in [5.74, 6) is -0.258. The molecule has 0 spiro atoms. The third-order valence-corrected chi connectivity index (χ3v) is 5.75. The summed E-state index contributed by atoms with van der Waals surface area (Å²) in [6.45, 7) is 4.05. The monoisotopic (exact) mass is 453 g/mol. The number of anilines is 2. The molecule has 0 radical (unpaired) electrons. The minimum absolute atomic E-state index is 0.258. The van der Waals surface area contributed by atoms with E-state index in [0.717, 1.165) is 28.9 Å². The predicted molar refractivity (Wildman–Crippen MR) is 119 cm³/mol. The molecule has 3 aromatic rings. The van der Waals surface area contributed by atoms with Crippen molar-refractivity contribution in [3.63, 3.8) is 0 Å². The zero-order chi connectivity index (χ0) is 20.2. The Morgan fingerprint density at radius 1 is 1.00 bits per heavy atom. The Morgan fingerprint density at radius 3 is 2.41 bits per heavy atom. The Balaban J connectivity index is 1.47. The fraction of sp³-hybridized carbons (Fsp3) is 0.318. The van der Waals surface area contributed by atoms with Crippen molar-refractivity contribution in [3.05, 3.63) is 64.4 Å². The fourth-order valence-electron chi connectivity index (χ4n) is 3.67. The Labute approximate surface area is 179 Å². The van der Waals surface area contributed by atoms with E-state index in [1.807, 2.05) is 43.3 Å². The van der Waals surface area contributed by atoms with Crippen LogP contribution in [0.15, 0.2) is 53.0 Å². The van der Waals surface area contributed by atoms with Crippen molar-refractivity contribution in [2.75, 3.05) is 23.3 Å². The van der Waals surface area contributed by atoms with Crippen LogP contribution in [0, 0.1) is 6.92 Å². The summed E-state index contributed by atoms with van der Waals surface area (Å²) >= 11 is 3.46. The van der Waals surface area contributed by atoms with E-state index in [1.165, 1.54) is 31.4 Å². The van der Waals surface area contributed by atoms with Gasteiger partial charge < -0.3 is 10.2 Å². The SMILES string of the molecule is Cc1c(C(=O)Nc2ccc(N3CCCCCC3)cc2)nnn1-c1cccc(Br)c1. The van der Waals surface area contributed by atoms with Gasteiger partial charge in [0.2, 0.25) is 0 Å². The summed E-state index contributed by atoms with van der Waals surface area (Å²) in [7, 11) is 0. The predicted octanol–water partition coefficient (Wildman–Crippen LogP) is 4.97. The number of hydrogen-bond donors (Lipinski definition) is 1. The molecule has 0 saturated carbocycles. The fourth-order valence-corrected chi connectivity index (χ4v) is 4.05. The van der Waals surface area contributed by atoms with Crippen LogP contribution < -0.4 is 10.2 Å². The Bertz CT molecular complexity index is 991. The number of hydrogen-bond acceptors (Lipinski definition) is 4. The lowest BCUT2D eigenvalue weighted by Crippen LogP contribution is -2.23. The van der Waals surface area contributed by atoms with E-state index in [2.05, 4.69) is 48.6 Å². The lowest BCUT2D eigenvalue weighted by atomic mass is 10.2. The highest BCUT2D eigenvalue weighted by atomic mass is 79.9. The molecular formula is C22H24BrN5O. The van der Waals surface area contributed by atoms with Crippen molar-refractivity contribution in [1.29, 1.82) is 0 Å². The van der Waals surface area contributed by atoms with E-state index in [0.29, 0.717) is 11.4 Å². The van der Waals surface area contributed by atoms with Crippen molar-refractivity contribution >= 4 is 33.2 Å². The summed E-state index contributed by atoms with van der Waals surface area (Å²) in [5, 5.41) is 11.2. The zero-order valence-corrected chi connectivity index (χ0v) is 18.0. The summed E-state index contributed by atoms with van der Waals surface area (Å²) in [4.78, 5) is 15.2. The van der Waals surface area contributed by atoms with Gasteiger partial charge in [-0.15, -0.1) is 5.10 Å². The van der Waals surface area contributed by atoms with Gasteiger partial charge in [0.15, 0.2) is 5.69 Å². The molecule has 6 nitrogen and oxygen atoms in total. The first-order valence-electron chi connectivity index (χ1n) is 9.96. The van der Waals surface area contributed by atoms with Crippen LogP contribution in [-0.4, -0.2) is 34.0 Å². The minimum Gasteiger partial charge on any atom is -0.372 e. The van der Waals surface area contributed by atoms with Gasteiger partial charge in [-0.1, -0.05) is 40.1 Å². The molecule has 0 aliphatic carbocycles. The van der Waals surface area contributed by atoms with Gasteiger partial charge in [0.25, 0.3) is 5.91 Å². The number of carbonyl (C=O) groups is 1. The maximum absolute atomic E-state index is 12.7. The molecule has 7 heteroatoms. The van der Waals surface area contributed by atoms with Crippen LogP contribution in [0.5, 0.6) is 0 Å². The quantitative estimate of drug-likeness (QED) is 0.605. The molecule has 1 aliphatic rings. The zero-order valence-electron chi connectivity index (χ0n) is 16.4. The van der Waals surface area contributed by atoms with Gasteiger partial charge in [0.05, 0.1) is 11.4 Å². The van der Waals surface area contributed by atoms with Crippen LogP contribution in [0.25, 0.3) is 5.69 Å². The van der Waals surface area contributed by atoms with E-state index in [9.17, 15) is 4.79 Å². The van der Waals surface area contributed by atoms with Gasteiger partial charge in [-0.3, -0.25) is 4.79 Å². The topological polar surface area (TPSA) is 63.1 Å². The Kier molecular flexibility index (Phi) is 5.94. The highest BCUT2D eigenvalue weighted by Crippen LogP contribution is 2.22. The standard InChI is InChI=1S/C22H24BrN5O/c1-16-21(25-26-28(16)20-8-6-7-17(23)15-20)22(29)24-18-9-11-19(12-10-18)27-13-4-2-3-5-14-27/h6-12,15H,2-5,13-14H2,1H3,(H,24,29). The molecule has 150 valence electrons. The van der Waals surface area contributed by atoms with Gasteiger partial charge in [-0.2, -0.15) is 0 Å². The van der Waals surface area contributed by atoms with E-state index in [-0.39, 0.29) is 5.91 Å². The summed E-state index contributed by atoms with van der Waals surface area (Å²) in [6, 6.07) is 15.8. The first-order chi connectivity index (χ1) is 14.1. The molecule has 1 aromatic heterocycles. The van der Waals surface area contributed by atoms with Gasteiger partial charge in [0.1, 0.15) is 0 Å². The van der Waals surface area contributed by atoms with Gasteiger partial charge in [-0.25, -0.2) is 4.68 Å². The molecule has 4 rings (SSSR count). The number of amides is 1. The molecule has 0 bridgehead atoms. The maximum Gasteiger partial charge on any atom is 0.278 e. The number of carbonyl (C=O) groups excluding carboxylic acids is 1. The number of nitrogens with one attached hydrogen (secondary N) is 1. The van der Waals surface area contributed by atoms with E-state index < -0.39 is 0 Å². The van der Waals surface area contributed by atoms with E-state index >= 15 is 0 Å². The smallest absolute Gasteiger partial charge is 0.278 e. The molecule has 2 aromatic carbocycles. The number of rotatable bonds is 4. The van der Waals surface area contributed by atoms with Crippen LogP contribution >= 0.6 is 15.9 Å². The molecule has 0 atom stereocenters. The van der Waals surface area contributed by atoms with Crippen molar-refractivity contribution in [1.82, 2.24) is 15.0 Å². The van der Waals surface area contributed by atoms with Gasteiger partial charge in [-0.05, 0) is 62.2 Å². The third kappa shape index (κ3) is 4.50. The Morgan fingerprint density at radius 2 is 1.72 bits per heavy atom. The number of nitrogens with zero attached hydrogens (tertiary/aromatic N) is 4. The Hall–Kier alpha value is -2.67. The summed E-state index contributed by atoms with van der Waals surface area (Å²) in [6.07, 6.45) is 5.10. The molecule has 2 heterocycles. The molecule has 1 fully saturated rings. The minimum atomic E-state index is -0.258. The molecule has 1 saturated heterocycles. The van der Waals surface area contributed by atoms with Crippen LogP contribution in [0.2, 0.25) is 0 Å². The molecule has 1 aliphatic heterocycles. The number of benzene rings is 2. The van der Waals surface area contributed by atoms with Crippen molar-refractivity contribution in [2.45, 2.75) is 32.6 Å². The first kappa shape index (κ1) is 19.6. The molecule has 29 heavy (non-hydrogen) atoms. The molecular weight excluding hydrogens is 430 g/mol. The van der Waals surface area contributed by atoms with E-state index in [1.54, 1.807) is 4.68 Å². The van der Waals surface area contributed by atoms with E-state index in [4.69, 9.17) is 0 Å². The largest absolute Gasteiger partial charge is 0.372 e. The normalized spacial score (nSPS) is 14.5. The average molecular weight is 454 g/mol. The lowest BCUT2D eigenvalue weighted by molar-refractivity contribution is 0.102. The summed E-state index contributed by atoms with van der Waals surface area (Å²) < 4.78 is 2.61. The van der Waals surface area contributed by atoms with Crippen LogP contribution in [0.1, 0.15) is 41.9 Å². The number of aromatic nitrogens is 3. The summed E-state index contributed by atoms with van der Waals surface area (Å²) in [5.41, 5.74) is 3.83. The van der Waals surface area contributed by atoms with Gasteiger partial charge in [0, 0.05) is 28.9 Å². The van der Waals surface area contributed by atoms with Crippen molar-refractivity contribution < 1.29 is 4.79 Å². The molecule has 1 N–H and O–H groups in total. The number of halogens is 1. The second-order valence-electron chi connectivity index (χ2n) is 7.32. The highest BCUT2D eigenvalue weighted by Gasteiger charge is 2.18. The first-order valence-corrected chi connectivity index (χ1v) is 10.8. The highest BCUT2D eigenvalue weighted by molar-refractivity contribution is 9.10. The van der Waals surface area contributed by atoms with Crippen molar-refractivity contribution in [3.8, 4) is 5.69 Å². The maximum atomic E-state index is 12.7. The van der Waals surface area contributed by atoms with Crippen molar-refractivity contribution in [2.24, 2.45) is 0 Å². The lowest BCUT2D eigenvalue weighted by Gasteiger charge is -2.22. The second kappa shape index (κ2) is 8.78.